The van der Waals surface area contributed by atoms with Gasteiger partial charge in [-0.15, -0.1) is 0 Å². The Kier molecular flexibility index (Phi) is 4.07. The monoisotopic (exact) mass is 381 g/mol. The van der Waals surface area contributed by atoms with E-state index in [4.69, 9.17) is 0 Å². The number of carbonyl (C=O) groups excluding carboxylic acids is 3. The molecule has 28 heavy (non-hydrogen) atoms. The molecule has 9 heteroatoms. The van der Waals surface area contributed by atoms with Crippen LogP contribution in [0, 0.1) is 5.82 Å². The number of aromatic amines is 1. The van der Waals surface area contributed by atoms with Gasteiger partial charge in [0.15, 0.2) is 0 Å². The number of imidazole rings is 1. The molecule has 1 atom stereocenters. The third-order valence-corrected chi connectivity index (χ3v) is 4.65. The van der Waals surface area contributed by atoms with Crippen LogP contribution in [-0.4, -0.2) is 39.3 Å². The van der Waals surface area contributed by atoms with Gasteiger partial charge < -0.3 is 10.3 Å². The zero-order valence-electron chi connectivity index (χ0n) is 14.8. The largest absolute Gasteiger partial charge is 0.325 e. The number of imide groups is 1. The highest BCUT2D eigenvalue weighted by Gasteiger charge is 2.49. The smallest absolute Gasteiger partial charge is 0.324 e. The first kappa shape index (κ1) is 17.7. The number of aromatic nitrogens is 2. The molecule has 1 aliphatic heterocycles. The Bertz CT molecular complexity index is 1060. The van der Waals surface area contributed by atoms with E-state index in [0.717, 1.165) is 10.4 Å². The van der Waals surface area contributed by atoms with Crippen molar-refractivity contribution in [1.82, 2.24) is 20.2 Å². The van der Waals surface area contributed by atoms with Gasteiger partial charge in [0.1, 0.15) is 17.9 Å². The molecule has 0 spiro atoms. The number of H-pyrrole nitrogens is 1. The molecule has 3 N–H and O–H groups in total. The number of para-hydroxylation sites is 2. The first-order chi connectivity index (χ1) is 13.4. The number of rotatable bonds is 4. The van der Waals surface area contributed by atoms with Crippen LogP contribution in [0.4, 0.5) is 15.1 Å². The summed E-state index contributed by atoms with van der Waals surface area (Å²) >= 11 is 0. The molecular formula is C19H16FN5O3. The summed E-state index contributed by atoms with van der Waals surface area (Å²) in [5.74, 6) is -1.40. The highest BCUT2D eigenvalue weighted by Crippen LogP contribution is 2.28. The van der Waals surface area contributed by atoms with Crippen LogP contribution in [0.25, 0.3) is 11.0 Å². The number of carbonyl (C=O) groups is 3. The maximum Gasteiger partial charge on any atom is 0.325 e. The van der Waals surface area contributed by atoms with Crippen molar-refractivity contribution in [1.29, 1.82) is 0 Å². The van der Waals surface area contributed by atoms with Crippen molar-refractivity contribution in [2.45, 2.75) is 12.5 Å². The van der Waals surface area contributed by atoms with E-state index in [0.29, 0.717) is 11.1 Å². The van der Waals surface area contributed by atoms with Crippen molar-refractivity contribution in [2.75, 3.05) is 11.9 Å². The number of benzene rings is 2. The van der Waals surface area contributed by atoms with E-state index in [9.17, 15) is 18.8 Å². The lowest BCUT2D eigenvalue weighted by Gasteiger charge is -2.22. The first-order valence-corrected chi connectivity index (χ1v) is 8.51. The van der Waals surface area contributed by atoms with Crippen molar-refractivity contribution >= 4 is 34.8 Å². The van der Waals surface area contributed by atoms with Gasteiger partial charge in [-0.25, -0.2) is 14.2 Å². The summed E-state index contributed by atoms with van der Waals surface area (Å²) in [7, 11) is 0. The number of anilines is 1. The maximum atomic E-state index is 13.2. The average molecular weight is 381 g/mol. The highest BCUT2D eigenvalue weighted by molar-refractivity contribution is 6.10. The van der Waals surface area contributed by atoms with E-state index in [-0.39, 0.29) is 5.95 Å². The summed E-state index contributed by atoms with van der Waals surface area (Å²) in [4.78, 5) is 45.4. The van der Waals surface area contributed by atoms with E-state index in [1.54, 1.807) is 6.07 Å². The van der Waals surface area contributed by atoms with Crippen LogP contribution in [0.3, 0.4) is 0 Å². The normalized spacial score (nSPS) is 19.1. The molecule has 3 aromatic rings. The third kappa shape index (κ3) is 2.96. The standard InChI is InChI=1S/C19H16FN5O3/c1-19(11-6-8-12(20)9-7-11)16(27)25(18(28)24-19)10-15(26)23-17-21-13-4-2-3-5-14(13)22-17/h2-9H,10H2,1H3,(H,24,28)(H2,21,22,23,26). The second kappa shape index (κ2) is 6.45. The summed E-state index contributed by atoms with van der Waals surface area (Å²) in [6.45, 7) is 1.04. The fourth-order valence-corrected chi connectivity index (χ4v) is 3.15. The molecule has 142 valence electrons. The van der Waals surface area contributed by atoms with Crippen LogP contribution in [0.1, 0.15) is 12.5 Å². The fourth-order valence-electron chi connectivity index (χ4n) is 3.15. The number of amides is 4. The molecule has 2 aromatic carbocycles. The number of nitrogens with one attached hydrogen (secondary N) is 3. The third-order valence-electron chi connectivity index (χ3n) is 4.65. The number of halogens is 1. The summed E-state index contributed by atoms with van der Waals surface area (Å²) in [5.41, 5.74) is 0.477. The van der Waals surface area contributed by atoms with E-state index < -0.39 is 35.7 Å². The van der Waals surface area contributed by atoms with Crippen molar-refractivity contribution in [3.8, 4) is 0 Å². The Morgan fingerprint density at radius 3 is 2.61 bits per heavy atom. The number of hydrogen-bond donors (Lipinski definition) is 3. The Labute approximate surface area is 158 Å². The van der Waals surface area contributed by atoms with Gasteiger partial charge in [-0.3, -0.25) is 19.8 Å². The second-order valence-corrected chi connectivity index (χ2v) is 6.60. The van der Waals surface area contributed by atoms with Gasteiger partial charge in [0.2, 0.25) is 11.9 Å². The summed E-state index contributed by atoms with van der Waals surface area (Å²) in [6.07, 6.45) is 0. The topological polar surface area (TPSA) is 107 Å². The SMILES string of the molecule is CC1(c2ccc(F)cc2)NC(=O)N(CC(=O)Nc2nc3ccccc3[nH]2)C1=O. The molecule has 4 rings (SSSR count). The molecule has 1 unspecified atom stereocenters. The summed E-state index contributed by atoms with van der Waals surface area (Å²) < 4.78 is 13.2. The average Bonchev–Trinajstić information content (AvgIpc) is 3.16. The zero-order valence-corrected chi connectivity index (χ0v) is 14.8. The number of fused-ring (bicyclic) bond motifs is 1. The predicted molar refractivity (Wildman–Crippen MR) is 98.7 cm³/mol. The predicted octanol–water partition coefficient (Wildman–Crippen LogP) is 2.11. The number of hydrogen-bond acceptors (Lipinski definition) is 4. The molecule has 0 radical (unpaired) electrons. The minimum atomic E-state index is -1.37. The number of nitrogens with zero attached hydrogens (tertiary/aromatic N) is 2. The van der Waals surface area contributed by atoms with E-state index >= 15 is 0 Å². The van der Waals surface area contributed by atoms with Gasteiger partial charge in [-0.2, -0.15) is 0 Å². The van der Waals surface area contributed by atoms with Gasteiger partial charge >= 0.3 is 6.03 Å². The number of urea groups is 1. The van der Waals surface area contributed by atoms with Gasteiger partial charge in [0, 0.05) is 0 Å². The van der Waals surface area contributed by atoms with Gasteiger partial charge in [-0.1, -0.05) is 24.3 Å². The van der Waals surface area contributed by atoms with Crippen LogP contribution in [-0.2, 0) is 15.1 Å². The minimum Gasteiger partial charge on any atom is -0.324 e. The maximum absolute atomic E-state index is 13.2. The van der Waals surface area contributed by atoms with E-state index in [1.807, 2.05) is 18.2 Å². The van der Waals surface area contributed by atoms with Crippen molar-refractivity contribution in [3.05, 3.63) is 59.9 Å². The van der Waals surface area contributed by atoms with E-state index in [1.165, 1.54) is 31.2 Å². The second-order valence-electron chi connectivity index (χ2n) is 6.60. The lowest BCUT2D eigenvalue weighted by molar-refractivity contribution is -0.133. The Balaban J connectivity index is 1.49. The Morgan fingerprint density at radius 1 is 1.18 bits per heavy atom. The first-order valence-electron chi connectivity index (χ1n) is 8.51. The van der Waals surface area contributed by atoms with Crippen molar-refractivity contribution < 1.29 is 18.8 Å². The molecule has 1 saturated heterocycles. The quantitative estimate of drug-likeness (QED) is 0.602. The zero-order chi connectivity index (χ0) is 19.9. The summed E-state index contributed by atoms with van der Waals surface area (Å²) in [6, 6.07) is 11.8. The van der Waals surface area contributed by atoms with Crippen molar-refractivity contribution in [2.24, 2.45) is 0 Å². The summed E-state index contributed by atoms with van der Waals surface area (Å²) in [5, 5.41) is 5.11. The van der Waals surface area contributed by atoms with Gasteiger partial charge in [0.25, 0.3) is 5.91 Å². The van der Waals surface area contributed by atoms with Crippen LogP contribution < -0.4 is 10.6 Å². The molecule has 1 fully saturated rings. The molecule has 4 amide bonds. The van der Waals surface area contributed by atoms with Crippen LogP contribution >= 0.6 is 0 Å². The van der Waals surface area contributed by atoms with Crippen molar-refractivity contribution in [3.63, 3.8) is 0 Å². The molecule has 1 aliphatic rings. The molecular weight excluding hydrogens is 365 g/mol. The highest BCUT2D eigenvalue weighted by atomic mass is 19.1. The Morgan fingerprint density at radius 2 is 1.89 bits per heavy atom. The van der Waals surface area contributed by atoms with Gasteiger partial charge in [-0.05, 0) is 36.8 Å². The van der Waals surface area contributed by atoms with Gasteiger partial charge in [0.05, 0.1) is 11.0 Å². The lowest BCUT2D eigenvalue weighted by Crippen LogP contribution is -2.42. The minimum absolute atomic E-state index is 0.222. The van der Waals surface area contributed by atoms with E-state index in [2.05, 4.69) is 20.6 Å². The molecule has 1 aromatic heterocycles. The van der Waals surface area contributed by atoms with Crippen LogP contribution in [0.2, 0.25) is 0 Å². The molecule has 0 saturated carbocycles. The van der Waals surface area contributed by atoms with Crippen LogP contribution in [0.5, 0.6) is 0 Å². The molecule has 0 aliphatic carbocycles. The fraction of sp³-hybridized carbons (Fsp3) is 0.158. The molecule has 0 bridgehead atoms. The molecule has 2 heterocycles. The Hall–Kier alpha value is -3.75. The lowest BCUT2D eigenvalue weighted by atomic mass is 9.92. The molecule has 8 nitrogen and oxygen atoms in total. The van der Waals surface area contributed by atoms with Crippen LogP contribution in [0.15, 0.2) is 48.5 Å².